The molecule has 0 radical (unpaired) electrons. The van der Waals surface area contributed by atoms with E-state index in [4.69, 9.17) is 5.11 Å². The Hall–Kier alpha value is -2.13. The maximum atomic E-state index is 12.3. The Morgan fingerprint density at radius 3 is 2.50 bits per heavy atom. The van der Waals surface area contributed by atoms with Crippen LogP contribution in [0.1, 0.15) is 20.3 Å². The van der Waals surface area contributed by atoms with Crippen LogP contribution in [0.2, 0.25) is 0 Å². The number of rotatable bonds is 6. The van der Waals surface area contributed by atoms with E-state index in [0.717, 1.165) is 0 Å². The number of carboxylic acid groups (broad SMARTS) is 1. The molecule has 0 saturated carbocycles. The summed E-state index contributed by atoms with van der Waals surface area (Å²) in [5.41, 5.74) is 0.366. The molecule has 1 aromatic heterocycles. The Morgan fingerprint density at radius 2 is 1.91 bits per heavy atom. The van der Waals surface area contributed by atoms with Gasteiger partial charge in [0.1, 0.15) is 6.04 Å². The lowest BCUT2D eigenvalue weighted by Gasteiger charge is -2.16. The van der Waals surface area contributed by atoms with Crippen molar-refractivity contribution in [1.29, 1.82) is 0 Å². The van der Waals surface area contributed by atoms with E-state index in [2.05, 4.69) is 14.7 Å². The molecule has 0 fully saturated rings. The second-order valence-electron chi connectivity index (χ2n) is 5.43. The number of aromatic amines is 2. The number of aromatic nitrogens is 2. The number of aliphatic carboxylic acids is 1. The highest BCUT2D eigenvalue weighted by atomic mass is 32.2. The van der Waals surface area contributed by atoms with Crippen molar-refractivity contribution in [2.24, 2.45) is 5.92 Å². The van der Waals surface area contributed by atoms with Gasteiger partial charge in [-0.2, -0.15) is 4.72 Å². The van der Waals surface area contributed by atoms with E-state index >= 15 is 0 Å². The first-order valence-electron chi connectivity index (χ1n) is 6.66. The third-order valence-electron chi connectivity index (χ3n) is 3.10. The van der Waals surface area contributed by atoms with E-state index in [1.165, 1.54) is 18.2 Å². The van der Waals surface area contributed by atoms with Gasteiger partial charge in [-0.1, -0.05) is 13.8 Å². The van der Waals surface area contributed by atoms with Crippen LogP contribution in [0.25, 0.3) is 11.0 Å². The number of nitrogens with one attached hydrogen (secondary N) is 3. The molecule has 0 aliphatic carbocycles. The zero-order valence-electron chi connectivity index (χ0n) is 12.1. The number of hydrogen-bond donors (Lipinski definition) is 4. The van der Waals surface area contributed by atoms with Gasteiger partial charge in [0.05, 0.1) is 15.9 Å². The molecule has 0 aliphatic heterocycles. The quantitative estimate of drug-likeness (QED) is 0.618. The Bertz CT molecular complexity index is 850. The van der Waals surface area contributed by atoms with Gasteiger partial charge in [-0.3, -0.25) is 4.79 Å². The van der Waals surface area contributed by atoms with Crippen molar-refractivity contribution < 1.29 is 18.3 Å². The minimum atomic E-state index is -4.00. The first-order valence-corrected chi connectivity index (χ1v) is 8.14. The fraction of sp³-hybridized carbons (Fsp3) is 0.385. The summed E-state index contributed by atoms with van der Waals surface area (Å²) >= 11 is 0. The molecule has 22 heavy (non-hydrogen) atoms. The van der Waals surface area contributed by atoms with E-state index in [9.17, 15) is 18.0 Å². The van der Waals surface area contributed by atoms with Gasteiger partial charge in [-0.25, -0.2) is 13.2 Å². The van der Waals surface area contributed by atoms with Crippen molar-refractivity contribution in [2.45, 2.75) is 31.2 Å². The predicted octanol–water partition coefficient (Wildman–Crippen LogP) is 0.634. The van der Waals surface area contributed by atoms with Crippen molar-refractivity contribution in [3.63, 3.8) is 0 Å². The second kappa shape index (κ2) is 5.93. The molecule has 0 aliphatic rings. The standard InChI is InChI=1S/C13H17N3O5S/c1-7(2)5-11(12(17)18)16-22(20,21)8-3-4-9-10(6-8)15-13(19)14-9/h3-4,6-7,11,16H,5H2,1-2H3,(H,17,18)(H2,14,15,19). The molecule has 4 N–H and O–H groups in total. The molecule has 0 bridgehead atoms. The fourth-order valence-electron chi connectivity index (χ4n) is 2.10. The first-order chi connectivity index (χ1) is 10.2. The molecule has 2 aromatic rings. The zero-order chi connectivity index (χ0) is 16.5. The van der Waals surface area contributed by atoms with Crippen molar-refractivity contribution in [3.8, 4) is 0 Å². The van der Waals surface area contributed by atoms with Crippen LogP contribution in [-0.2, 0) is 14.8 Å². The molecule has 8 nitrogen and oxygen atoms in total. The molecular weight excluding hydrogens is 310 g/mol. The summed E-state index contributed by atoms with van der Waals surface area (Å²) in [4.78, 5) is 27.2. The Kier molecular flexibility index (Phi) is 4.38. The third kappa shape index (κ3) is 3.55. The van der Waals surface area contributed by atoms with Gasteiger partial charge < -0.3 is 15.1 Å². The number of H-pyrrole nitrogens is 2. The lowest BCUT2D eigenvalue weighted by molar-refractivity contribution is -0.139. The number of imidazole rings is 1. The maximum absolute atomic E-state index is 12.3. The van der Waals surface area contributed by atoms with Crippen molar-refractivity contribution >= 4 is 27.0 Å². The van der Waals surface area contributed by atoms with Gasteiger partial charge in [0.15, 0.2) is 0 Å². The van der Waals surface area contributed by atoms with E-state index in [1.54, 1.807) is 13.8 Å². The Balaban J connectivity index is 2.34. The molecule has 9 heteroatoms. The number of carboxylic acids is 1. The van der Waals surface area contributed by atoms with Gasteiger partial charge >= 0.3 is 11.7 Å². The zero-order valence-corrected chi connectivity index (χ0v) is 12.9. The van der Waals surface area contributed by atoms with Crippen LogP contribution in [0.3, 0.4) is 0 Å². The first kappa shape index (κ1) is 16.2. The van der Waals surface area contributed by atoms with Crippen molar-refractivity contribution in [2.75, 3.05) is 0 Å². The van der Waals surface area contributed by atoms with Crippen LogP contribution < -0.4 is 10.4 Å². The SMILES string of the molecule is CC(C)CC(NS(=O)(=O)c1ccc2[nH]c(=O)[nH]c2c1)C(=O)O. The average molecular weight is 327 g/mol. The number of fused-ring (bicyclic) bond motifs is 1. The molecular formula is C13H17N3O5S. The molecule has 0 spiro atoms. The molecule has 1 unspecified atom stereocenters. The summed E-state index contributed by atoms with van der Waals surface area (Å²) in [6, 6.07) is 2.83. The predicted molar refractivity (Wildman–Crippen MR) is 80.1 cm³/mol. The third-order valence-corrected chi connectivity index (χ3v) is 4.57. The van der Waals surface area contributed by atoms with Gasteiger partial charge in [-0.05, 0) is 30.5 Å². The monoisotopic (exact) mass is 327 g/mol. The minimum absolute atomic E-state index is 0.0207. The van der Waals surface area contributed by atoms with Crippen molar-refractivity contribution in [3.05, 3.63) is 28.7 Å². The van der Waals surface area contributed by atoms with E-state index in [0.29, 0.717) is 11.0 Å². The van der Waals surface area contributed by atoms with Gasteiger partial charge in [0.25, 0.3) is 0 Å². The number of benzene rings is 1. The van der Waals surface area contributed by atoms with Gasteiger partial charge in [-0.15, -0.1) is 0 Å². The highest BCUT2D eigenvalue weighted by molar-refractivity contribution is 7.89. The topological polar surface area (TPSA) is 132 Å². The second-order valence-corrected chi connectivity index (χ2v) is 7.14. The van der Waals surface area contributed by atoms with Crippen LogP contribution in [-0.4, -0.2) is 35.5 Å². The van der Waals surface area contributed by atoms with Gasteiger partial charge in [0, 0.05) is 0 Å². The minimum Gasteiger partial charge on any atom is -0.480 e. The van der Waals surface area contributed by atoms with E-state index in [-0.39, 0.29) is 17.2 Å². The molecule has 1 heterocycles. The average Bonchev–Trinajstić information content (AvgIpc) is 2.75. The molecule has 0 saturated heterocycles. The van der Waals surface area contributed by atoms with Crippen LogP contribution in [0.15, 0.2) is 27.9 Å². The molecule has 1 aromatic carbocycles. The summed E-state index contributed by atoms with van der Waals surface area (Å²) in [7, 11) is -4.00. The summed E-state index contributed by atoms with van der Waals surface area (Å²) in [6.07, 6.45) is 0.178. The fourth-order valence-corrected chi connectivity index (χ4v) is 3.33. The molecule has 1 atom stereocenters. The maximum Gasteiger partial charge on any atom is 0.323 e. The highest BCUT2D eigenvalue weighted by Gasteiger charge is 2.26. The molecule has 120 valence electrons. The van der Waals surface area contributed by atoms with E-state index < -0.39 is 27.7 Å². The largest absolute Gasteiger partial charge is 0.480 e. The number of carbonyl (C=O) groups is 1. The Morgan fingerprint density at radius 1 is 1.27 bits per heavy atom. The highest BCUT2D eigenvalue weighted by Crippen LogP contribution is 2.16. The lowest BCUT2D eigenvalue weighted by atomic mass is 10.1. The normalized spacial score (nSPS) is 13.6. The number of sulfonamides is 1. The van der Waals surface area contributed by atoms with Gasteiger partial charge in [0.2, 0.25) is 10.0 Å². The smallest absolute Gasteiger partial charge is 0.323 e. The molecule has 0 amide bonds. The van der Waals surface area contributed by atoms with E-state index in [1.807, 2.05) is 0 Å². The summed E-state index contributed by atoms with van der Waals surface area (Å²) in [5, 5.41) is 9.13. The summed E-state index contributed by atoms with van der Waals surface area (Å²) in [6.45, 7) is 3.61. The van der Waals surface area contributed by atoms with Crippen LogP contribution in [0, 0.1) is 5.92 Å². The van der Waals surface area contributed by atoms with Crippen LogP contribution in [0.5, 0.6) is 0 Å². The lowest BCUT2D eigenvalue weighted by Crippen LogP contribution is -2.41. The van der Waals surface area contributed by atoms with Crippen LogP contribution in [0.4, 0.5) is 0 Å². The van der Waals surface area contributed by atoms with Crippen molar-refractivity contribution in [1.82, 2.24) is 14.7 Å². The molecule has 2 rings (SSSR count). The number of hydrogen-bond acceptors (Lipinski definition) is 4. The van der Waals surface area contributed by atoms with Crippen LogP contribution >= 0.6 is 0 Å². The summed E-state index contributed by atoms with van der Waals surface area (Å²) < 4.78 is 26.8. The summed E-state index contributed by atoms with van der Waals surface area (Å²) in [5.74, 6) is -1.21. The Labute approximate surface area is 126 Å².